The fraction of sp³-hybridized carbons (Fsp3) is 0.917. The van der Waals surface area contributed by atoms with Gasteiger partial charge >= 0.3 is 5.97 Å². The van der Waals surface area contributed by atoms with Crippen molar-refractivity contribution in [3.63, 3.8) is 0 Å². The van der Waals surface area contributed by atoms with Gasteiger partial charge in [-0.05, 0) is 50.6 Å². The Kier molecular flexibility index (Phi) is 3.62. The zero-order valence-corrected chi connectivity index (χ0v) is 9.50. The summed E-state index contributed by atoms with van der Waals surface area (Å²) in [6, 6.07) is 0. The zero-order valence-electron chi connectivity index (χ0n) is 9.50. The van der Waals surface area contributed by atoms with Gasteiger partial charge in [-0.25, -0.2) is 0 Å². The molecular weight excluding hydrogens is 190 g/mol. The molecular formula is C12H21NO2. The van der Waals surface area contributed by atoms with E-state index in [9.17, 15) is 4.79 Å². The van der Waals surface area contributed by atoms with Gasteiger partial charge in [-0.1, -0.05) is 6.42 Å². The van der Waals surface area contributed by atoms with Crippen molar-refractivity contribution in [3.05, 3.63) is 0 Å². The number of hydrogen-bond donors (Lipinski definition) is 1. The molecule has 0 aromatic rings. The second kappa shape index (κ2) is 4.97. The van der Waals surface area contributed by atoms with Crippen molar-refractivity contribution >= 4 is 5.97 Å². The van der Waals surface area contributed by atoms with Gasteiger partial charge in [0.05, 0.1) is 6.61 Å². The van der Waals surface area contributed by atoms with Crippen LogP contribution in [0.3, 0.4) is 0 Å². The summed E-state index contributed by atoms with van der Waals surface area (Å²) in [4.78, 5) is 11.5. The monoisotopic (exact) mass is 211 g/mol. The summed E-state index contributed by atoms with van der Waals surface area (Å²) in [6.07, 6.45) is 4.47. The van der Waals surface area contributed by atoms with E-state index in [1.165, 1.54) is 19.3 Å². The Balaban J connectivity index is 1.87. The lowest BCUT2D eigenvalue weighted by atomic mass is 9.72. The van der Waals surface area contributed by atoms with Crippen molar-refractivity contribution in [2.45, 2.75) is 32.6 Å². The highest BCUT2D eigenvalue weighted by Gasteiger charge is 2.37. The molecule has 0 spiro atoms. The third kappa shape index (κ3) is 2.51. The summed E-state index contributed by atoms with van der Waals surface area (Å²) < 4.78 is 5.03. The first-order chi connectivity index (χ1) is 7.31. The molecule has 0 bridgehead atoms. The normalized spacial score (nSPS) is 34.9. The minimum atomic E-state index is -0.00458. The van der Waals surface area contributed by atoms with E-state index < -0.39 is 0 Å². The van der Waals surface area contributed by atoms with Crippen molar-refractivity contribution in [2.75, 3.05) is 19.7 Å². The van der Waals surface area contributed by atoms with E-state index in [2.05, 4.69) is 5.32 Å². The summed E-state index contributed by atoms with van der Waals surface area (Å²) in [7, 11) is 0. The van der Waals surface area contributed by atoms with Crippen LogP contribution >= 0.6 is 0 Å². The predicted octanol–water partition coefficient (Wildman–Crippen LogP) is 1.58. The Hall–Kier alpha value is -0.570. The van der Waals surface area contributed by atoms with Crippen LogP contribution in [-0.4, -0.2) is 25.7 Å². The molecule has 1 N–H and O–H groups in total. The van der Waals surface area contributed by atoms with Crippen LogP contribution in [0.15, 0.2) is 0 Å². The summed E-state index contributed by atoms with van der Waals surface area (Å²) >= 11 is 0. The molecule has 2 rings (SSSR count). The molecule has 3 heteroatoms. The molecule has 1 aliphatic heterocycles. The third-order valence-corrected chi connectivity index (χ3v) is 3.88. The maximum absolute atomic E-state index is 11.5. The number of carbonyl (C=O) groups excluding carboxylic acids is 1. The van der Waals surface area contributed by atoms with Crippen molar-refractivity contribution in [2.24, 2.45) is 17.8 Å². The van der Waals surface area contributed by atoms with Crippen LogP contribution in [0.5, 0.6) is 0 Å². The topological polar surface area (TPSA) is 38.3 Å². The third-order valence-electron chi connectivity index (χ3n) is 3.88. The lowest BCUT2D eigenvalue weighted by Gasteiger charge is -2.32. The van der Waals surface area contributed by atoms with Gasteiger partial charge in [0.25, 0.3) is 0 Å². The number of fused-ring (bicyclic) bond motifs is 1. The maximum Gasteiger partial charge on any atom is 0.306 e. The maximum atomic E-state index is 11.5. The summed E-state index contributed by atoms with van der Waals surface area (Å²) in [5.74, 6) is 2.11. The summed E-state index contributed by atoms with van der Waals surface area (Å²) in [5.41, 5.74) is 0. The minimum Gasteiger partial charge on any atom is -0.466 e. The van der Waals surface area contributed by atoms with Crippen LogP contribution in [-0.2, 0) is 9.53 Å². The number of hydrogen-bond acceptors (Lipinski definition) is 3. The highest BCUT2D eigenvalue weighted by molar-refractivity contribution is 5.69. The molecule has 15 heavy (non-hydrogen) atoms. The van der Waals surface area contributed by atoms with Gasteiger partial charge in [0.2, 0.25) is 0 Å². The SMILES string of the molecule is CCOC(=O)CC1CCCC2CNCC21. The van der Waals surface area contributed by atoms with Gasteiger partial charge in [-0.2, -0.15) is 0 Å². The molecule has 2 aliphatic rings. The van der Waals surface area contributed by atoms with Gasteiger partial charge in [0, 0.05) is 6.42 Å². The van der Waals surface area contributed by atoms with Gasteiger partial charge < -0.3 is 10.1 Å². The number of nitrogens with one attached hydrogen (secondary N) is 1. The second-order valence-corrected chi connectivity index (χ2v) is 4.78. The van der Waals surface area contributed by atoms with Crippen LogP contribution in [0.25, 0.3) is 0 Å². The molecule has 1 aliphatic carbocycles. The fourth-order valence-electron chi connectivity index (χ4n) is 3.16. The van der Waals surface area contributed by atoms with Crippen LogP contribution in [0, 0.1) is 17.8 Å². The van der Waals surface area contributed by atoms with Gasteiger partial charge in [-0.15, -0.1) is 0 Å². The fourth-order valence-corrected chi connectivity index (χ4v) is 3.16. The zero-order chi connectivity index (χ0) is 10.7. The molecule has 1 saturated carbocycles. The molecule has 0 aromatic heterocycles. The van der Waals surface area contributed by atoms with Gasteiger partial charge in [-0.3, -0.25) is 4.79 Å². The highest BCUT2D eigenvalue weighted by atomic mass is 16.5. The van der Waals surface area contributed by atoms with Crippen LogP contribution < -0.4 is 5.32 Å². The molecule has 86 valence electrons. The van der Waals surface area contributed by atoms with E-state index in [0.717, 1.165) is 24.9 Å². The lowest BCUT2D eigenvalue weighted by Crippen LogP contribution is -2.29. The van der Waals surface area contributed by atoms with Gasteiger partial charge in [0.1, 0.15) is 0 Å². The number of esters is 1. The van der Waals surface area contributed by atoms with Crippen LogP contribution in [0.1, 0.15) is 32.6 Å². The first kappa shape index (κ1) is 10.9. The molecule has 1 saturated heterocycles. The highest BCUT2D eigenvalue weighted by Crippen LogP contribution is 2.38. The predicted molar refractivity (Wildman–Crippen MR) is 58.4 cm³/mol. The Labute approximate surface area is 91.6 Å². The first-order valence-corrected chi connectivity index (χ1v) is 6.17. The number of ether oxygens (including phenoxy) is 1. The van der Waals surface area contributed by atoms with Crippen LogP contribution in [0.4, 0.5) is 0 Å². The summed E-state index contributed by atoms with van der Waals surface area (Å²) in [6.45, 7) is 4.65. The van der Waals surface area contributed by atoms with E-state index >= 15 is 0 Å². The average molecular weight is 211 g/mol. The Bertz CT molecular complexity index is 230. The summed E-state index contributed by atoms with van der Waals surface area (Å²) in [5, 5.41) is 3.45. The van der Waals surface area contributed by atoms with E-state index in [1.54, 1.807) is 0 Å². The molecule has 2 fully saturated rings. The van der Waals surface area contributed by atoms with Crippen LogP contribution in [0.2, 0.25) is 0 Å². The van der Waals surface area contributed by atoms with E-state index in [1.807, 2.05) is 6.92 Å². The molecule has 0 radical (unpaired) electrons. The van der Waals surface area contributed by atoms with Crippen molar-refractivity contribution in [1.29, 1.82) is 0 Å². The number of carbonyl (C=O) groups is 1. The molecule has 0 aromatic carbocycles. The average Bonchev–Trinajstić information content (AvgIpc) is 2.67. The van der Waals surface area contributed by atoms with E-state index in [-0.39, 0.29) is 5.97 Å². The van der Waals surface area contributed by atoms with E-state index in [4.69, 9.17) is 4.74 Å². The van der Waals surface area contributed by atoms with Crippen molar-refractivity contribution in [3.8, 4) is 0 Å². The molecule has 3 nitrogen and oxygen atoms in total. The van der Waals surface area contributed by atoms with Crippen molar-refractivity contribution < 1.29 is 9.53 Å². The van der Waals surface area contributed by atoms with Gasteiger partial charge in [0.15, 0.2) is 0 Å². The Morgan fingerprint density at radius 2 is 2.27 bits per heavy atom. The minimum absolute atomic E-state index is 0.00458. The molecule has 3 atom stereocenters. The first-order valence-electron chi connectivity index (χ1n) is 6.17. The van der Waals surface area contributed by atoms with E-state index in [0.29, 0.717) is 18.9 Å². The molecule has 3 unspecified atom stereocenters. The molecule has 1 heterocycles. The quantitative estimate of drug-likeness (QED) is 0.720. The number of rotatable bonds is 3. The Morgan fingerprint density at radius 3 is 3.07 bits per heavy atom. The molecule has 0 amide bonds. The second-order valence-electron chi connectivity index (χ2n) is 4.78. The largest absolute Gasteiger partial charge is 0.466 e. The lowest BCUT2D eigenvalue weighted by molar-refractivity contribution is -0.145. The smallest absolute Gasteiger partial charge is 0.306 e. The van der Waals surface area contributed by atoms with Crippen molar-refractivity contribution in [1.82, 2.24) is 5.32 Å². The standard InChI is InChI=1S/C12H21NO2/c1-2-15-12(14)6-9-4-3-5-10-7-13-8-11(9)10/h9-11,13H,2-8H2,1H3. The Morgan fingerprint density at radius 1 is 1.40 bits per heavy atom.